The number of aryl methyl sites for hydroxylation is 1. The molecule has 1 N–H and O–H groups in total. The summed E-state index contributed by atoms with van der Waals surface area (Å²) in [7, 11) is -2.12. The van der Waals surface area contributed by atoms with E-state index in [0.29, 0.717) is 24.3 Å². The Morgan fingerprint density at radius 1 is 1.33 bits per heavy atom. The Morgan fingerprint density at radius 3 is 2.48 bits per heavy atom. The van der Waals surface area contributed by atoms with Gasteiger partial charge in [0.2, 0.25) is 10.0 Å². The van der Waals surface area contributed by atoms with Crippen LogP contribution in [0.15, 0.2) is 17.0 Å². The van der Waals surface area contributed by atoms with E-state index in [1.807, 2.05) is 0 Å². The minimum atomic E-state index is -3.69. The summed E-state index contributed by atoms with van der Waals surface area (Å²) in [5, 5.41) is 13.8. The van der Waals surface area contributed by atoms with Crippen molar-refractivity contribution < 1.29 is 13.3 Å². The van der Waals surface area contributed by atoms with Crippen molar-refractivity contribution in [3.8, 4) is 0 Å². The van der Waals surface area contributed by atoms with E-state index in [9.17, 15) is 18.5 Å². The van der Waals surface area contributed by atoms with Gasteiger partial charge in [0.05, 0.1) is 9.82 Å². The van der Waals surface area contributed by atoms with Crippen LogP contribution in [0.1, 0.15) is 5.56 Å². The average Bonchev–Trinajstić information content (AvgIpc) is 2.47. The molecular weight excluding hydrogens is 314 g/mol. The second-order valence-corrected chi connectivity index (χ2v) is 7.79. The second-order valence-electron chi connectivity index (χ2n) is 4.66. The van der Waals surface area contributed by atoms with E-state index in [-0.39, 0.29) is 10.6 Å². The molecule has 0 amide bonds. The first-order chi connectivity index (χ1) is 9.87. The van der Waals surface area contributed by atoms with Gasteiger partial charge in [-0.15, -0.1) is 0 Å². The zero-order valence-electron chi connectivity index (χ0n) is 11.8. The number of nitrogens with one attached hydrogen (secondary N) is 1. The van der Waals surface area contributed by atoms with Gasteiger partial charge in [-0.2, -0.15) is 16.1 Å². The highest BCUT2D eigenvalue weighted by Gasteiger charge is 2.30. The van der Waals surface area contributed by atoms with E-state index < -0.39 is 14.9 Å². The first-order valence-electron chi connectivity index (χ1n) is 6.42. The fraction of sp³-hybridized carbons (Fsp3) is 0.500. The number of sulfonamides is 1. The van der Waals surface area contributed by atoms with Crippen molar-refractivity contribution in [2.24, 2.45) is 0 Å². The van der Waals surface area contributed by atoms with Crippen molar-refractivity contribution in [1.82, 2.24) is 4.31 Å². The Hall–Kier alpha value is -1.32. The average molecular weight is 331 g/mol. The third-order valence-electron chi connectivity index (χ3n) is 3.35. The molecule has 1 saturated heterocycles. The molecule has 7 nitrogen and oxygen atoms in total. The van der Waals surface area contributed by atoms with Crippen molar-refractivity contribution in [3.05, 3.63) is 27.8 Å². The van der Waals surface area contributed by atoms with Crippen molar-refractivity contribution in [1.29, 1.82) is 0 Å². The van der Waals surface area contributed by atoms with Crippen LogP contribution in [0.5, 0.6) is 0 Å². The summed E-state index contributed by atoms with van der Waals surface area (Å²) in [6.45, 7) is 2.53. The molecule has 0 bridgehead atoms. The van der Waals surface area contributed by atoms with Gasteiger partial charge in [0, 0.05) is 37.7 Å². The predicted molar refractivity (Wildman–Crippen MR) is 83.5 cm³/mol. The first kappa shape index (κ1) is 16.1. The number of nitro benzene ring substituents is 1. The van der Waals surface area contributed by atoms with Crippen LogP contribution in [0, 0.1) is 17.0 Å². The van der Waals surface area contributed by atoms with Gasteiger partial charge in [0.15, 0.2) is 0 Å². The van der Waals surface area contributed by atoms with Crippen LogP contribution in [0.4, 0.5) is 11.4 Å². The number of rotatable bonds is 4. The molecule has 1 aliphatic heterocycles. The maximum atomic E-state index is 12.7. The summed E-state index contributed by atoms with van der Waals surface area (Å²) in [5.41, 5.74) is 0.585. The zero-order valence-corrected chi connectivity index (χ0v) is 13.5. The van der Waals surface area contributed by atoms with Crippen molar-refractivity contribution >= 4 is 33.2 Å². The maximum absolute atomic E-state index is 12.7. The standard InChI is InChI=1S/C12H17N3O4S2/c1-9-7-10(13-2)11(15(16)17)8-12(9)21(18,19)14-3-5-20-6-4-14/h7-8,13H,3-6H2,1-2H3. The molecule has 1 aromatic rings. The van der Waals surface area contributed by atoms with E-state index >= 15 is 0 Å². The largest absolute Gasteiger partial charge is 0.383 e. The molecule has 1 heterocycles. The van der Waals surface area contributed by atoms with Gasteiger partial charge >= 0.3 is 0 Å². The molecule has 0 saturated carbocycles. The molecule has 2 rings (SSSR count). The first-order valence-corrected chi connectivity index (χ1v) is 9.02. The normalized spacial score (nSPS) is 16.7. The fourth-order valence-electron chi connectivity index (χ4n) is 2.23. The molecule has 1 aromatic carbocycles. The lowest BCUT2D eigenvalue weighted by Gasteiger charge is -2.26. The highest BCUT2D eigenvalue weighted by molar-refractivity contribution is 7.99. The van der Waals surface area contributed by atoms with Crippen molar-refractivity contribution in [2.45, 2.75) is 11.8 Å². The van der Waals surface area contributed by atoms with Gasteiger partial charge in [-0.05, 0) is 18.6 Å². The van der Waals surface area contributed by atoms with Gasteiger partial charge in [0.25, 0.3) is 5.69 Å². The maximum Gasteiger partial charge on any atom is 0.293 e. The van der Waals surface area contributed by atoms with E-state index in [1.54, 1.807) is 25.7 Å². The summed E-state index contributed by atoms with van der Waals surface area (Å²) in [6.07, 6.45) is 0. The van der Waals surface area contributed by atoms with Gasteiger partial charge in [-0.1, -0.05) is 0 Å². The van der Waals surface area contributed by atoms with Crippen LogP contribution in [0.3, 0.4) is 0 Å². The Morgan fingerprint density at radius 2 is 1.95 bits per heavy atom. The van der Waals surface area contributed by atoms with Crippen LogP contribution in [0.2, 0.25) is 0 Å². The monoisotopic (exact) mass is 331 g/mol. The van der Waals surface area contributed by atoms with Crippen LogP contribution < -0.4 is 5.32 Å². The lowest BCUT2D eigenvalue weighted by molar-refractivity contribution is -0.384. The molecule has 1 aliphatic rings. The Kier molecular flexibility index (Phi) is 4.74. The summed E-state index contributed by atoms with van der Waals surface area (Å²) in [6, 6.07) is 2.65. The second kappa shape index (κ2) is 6.20. The number of benzene rings is 1. The smallest absolute Gasteiger partial charge is 0.293 e. The van der Waals surface area contributed by atoms with Crippen molar-refractivity contribution in [3.63, 3.8) is 0 Å². The predicted octanol–water partition coefficient (Wildman–Crippen LogP) is 1.68. The Bertz CT molecular complexity index is 655. The quantitative estimate of drug-likeness (QED) is 0.666. The molecule has 0 atom stereocenters. The lowest BCUT2D eigenvalue weighted by atomic mass is 10.2. The number of anilines is 1. The number of nitrogens with zero attached hydrogens (tertiary/aromatic N) is 2. The molecular formula is C12H17N3O4S2. The van der Waals surface area contributed by atoms with Crippen LogP contribution in [-0.4, -0.2) is 49.3 Å². The SMILES string of the molecule is CNc1cc(C)c(S(=O)(=O)N2CCSCC2)cc1[N+](=O)[O-]. The molecule has 0 aromatic heterocycles. The highest BCUT2D eigenvalue weighted by Crippen LogP contribution is 2.32. The van der Waals surface area contributed by atoms with E-state index in [2.05, 4.69) is 5.32 Å². The number of nitro groups is 1. The fourth-order valence-corrected chi connectivity index (χ4v) is 5.03. The van der Waals surface area contributed by atoms with Crippen LogP contribution in [-0.2, 0) is 10.0 Å². The summed E-state index contributed by atoms with van der Waals surface area (Å²) < 4.78 is 26.7. The molecule has 9 heteroatoms. The van der Waals surface area contributed by atoms with Gasteiger partial charge in [-0.3, -0.25) is 10.1 Å². The number of hydrogen-bond donors (Lipinski definition) is 1. The summed E-state index contributed by atoms with van der Waals surface area (Å²) in [5.74, 6) is 1.49. The molecule has 116 valence electrons. The van der Waals surface area contributed by atoms with Gasteiger partial charge in [0.1, 0.15) is 5.69 Å². The number of thioether (sulfide) groups is 1. The summed E-state index contributed by atoms with van der Waals surface area (Å²) in [4.78, 5) is 10.5. The van der Waals surface area contributed by atoms with Gasteiger partial charge in [-0.25, -0.2) is 8.42 Å². The van der Waals surface area contributed by atoms with Crippen LogP contribution >= 0.6 is 11.8 Å². The van der Waals surface area contributed by atoms with E-state index in [4.69, 9.17) is 0 Å². The minimum absolute atomic E-state index is 0.0140. The molecule has 1 fully saturated rings. The topological polar surface area (TPSA) is 92.6 Å². The van der Waals surface area contributed by atoms with Crippen LogP contribution in [0.25, 0.3) is 0 Å². The van der Waals surface area contributed by atoms with Gasteiger partial charge < -0.3 is 5.32 Å². The Labute approximate surface area is 127 Å². The lowest BCUT2D eigenvalue weighted by Crippen LogP contribution is -2.38. The van der Waals surface area contributed by atoms with E-state index in [1.165, 1.54) is 10.4 Å². The molecule has 0 spiro atoms. The third-order valence-corrected chi connectivity index (χ3v) is 6.33. The number of hydrogen-bond acceptors (Lipinski definition) is 6. The molecule has 0 unspecified atom stereocenters. The molecule has 0 aliphatic carbocycles. The highest BCUT2D eigenvalue weighted by atomic mass is 32.2. The molecule has 21 heavy (non-hydrogen) atoms. The summed E-state index contributed by atoms with van der Waals surface area (Å²) >= 11 is 1.70. The Balaban J connectivity index is 2.52. The molecule has 0 radical (unpaired) electrons. The zero-order chi connectivity index (χ0) is 15.6. The van der Waals surface area contributed by atoms with E-state index in [0.717, 1.165) is 17.6 Å². The minimum Gasteiger partial charge on any atom is -0.383 e. The van der Waals surface area contributed by atoms with Crippen molar-refractivity contribution in [2.75, 3.05) is 37.0 Å². The third kappa shape index (κ3) is 3.14.